The van der Waals surface area contributed by atoms with E-state index in [4.69, 9.17) is 18.9 Å². The second-order valence-corrected chi connectivity index (χ2v) is 6.30. The molecule has 22 heavy (non-hydrogen) atoms. The van der Waals surface area contributed by atoms with Crippen molar-refractivity contribution in [3.05, 3.63) is 29.8 Å². The van der Waals surface area contributed by atoms with Crippen molar-refractivity contribution >= 4 is 6.29 Å². The van der Waals surface area contributed by atoms with E-state index in [0.717, 1.165) is 17.6 Å². The molecule has 2 aliphatic rings. The van der Waals surface area contributed by atoms with Crippen LogP contribution >= 0.6 is 0 Å². The first kappa shape index (κ1) is 15.5. The van der Waals surface area contributed by atoms with Crippen LogP contribution in [0.3, 0.4) is 0 Å². The average Bonchev–Trinajstić information content (AvgIpc) is 2.99. The van der Waals surface area contributed by atoms with Gasteiger partial charge in [0.05, 0.1) is 25.9 Å². The molecule has 1 saturated carbocycles. The Morgan fingerprint density at radius 1 is 1.23 bits per heavy atom. The van der Waals surface area contributed by atoms with Crippen molar-refractivity contribution in [2.45, 2.75) is 51.0 Å². The van der Waals surface area contributed by atoms with E-state index in [1.54, 1.807) is 7.11 Å². The molecule has 1 saturated heterocycles. The lowest BCUT2D eigenvalue weighted by Gasteiger charge is -2.22. The fraction of sp³-hybridized carbons (Fsp3) is 0.588. The van der Waals surface area contributed by atoms with Gasteiger partial charge in [0.15, 0.2) is 5.79 Å². The third kappa shape index (κ3) is 3.02. The summed E-state index contributed by atoms with van der Waals surface area (Å²) in [6, 6.07) is 7.75. The van der Waals surface area contributed by atoms with Gasteiger partial charge in [0.25, 0.3) is 0 Å². The van der Waals surface area contributed by atoms with Gasteiger partial charge in [-0.25, -0.2) is 0 Å². The van der Waals surface area contributed by atoms with Crippen LogP contribution in [0.2, 0.25) is 0 Å². The molecule has 3 rings (SSSR count). The van der Waals surface area contributed by atoms with E-state index in [2.05, 4.69) is 0 Å². The van der Waals surface area contributed by atoms with Gasteiger partial charge in [0, 0.05) is 5.92 Å². The predicted molar refractivity (Wildman–Crippen MR) is 79.6 cm³/mol. The Kier molecular flexibility index (Phi) is 4.21. The van der Waals surface area contributed by atoms with Crippen molar-refractivity contribution in [3.63, 3.8) is 0 Å². The normalized spacial score (nSPS) is 32.7. The number of carbonyl (C=O) groups excluding carboxylic acids is 1. The smallest absolute Gasteiger partial charge is 0.163 e. The van der Waals surface area contributed by atoms with Crippen molar-refractivity contribution in [2.24, 2.45) is 5.92 Å². The van der Waals surface area contributed by atoms with Gasteiger partial charge in [0.2, 0.25) is 0 Å². The topological polar surface area (TPSA) is 54.0 Å². The highest BCUT2D eigenvalue weighted by Crippen LogP contribution is 2.42. The Bertz CT molecular complexity index is 524. The molecule has 1 heterocycles. The molecule has 2 fully saturated rings. The summed E-state index contributed by atoms with van der Waals surface area (Å²) < 4.78 is 22.9. The first-order chi connectivity index (χ1) is 10.5. The van der Waals surface area contributed by atoms with E-state index in [1.807, 2.05) is 38.1 Å². The zero-order valence-electron chi connectivity index (χ0n) is 13.2. The molecule has 120 valence electrons. The minimum atomic E-state index is -0.654. The van der Waals surface area contributed by atoms with Crippen LogP contribution in [0.1, 0.15) is 25.8 Å². The summed E-state index contributed by atoms with van der Waals surface area (Å²) in [6.07, 6.45) is 1.10. The predicted octanol–water partition coefficient (Wildman–Crippen LogP) is 2.32. The number of ether oxygens (including phenoxy) is 4. The summed E-state index contributed by atoms with van der Waals surface area (Å²) in [5, 5.41) is 0. The molecule has 1 unspecified atom stereocenters. The number of rotatable bonds is 5. The van der Waals surface area contributed by atoms with Gasteiger partial charge in [0.1, 0.15) is 18.1 Å². The van der Waals surface area contributed by atoms with Crippen LogP contribution in [0.4, 0.5) is 0 Å². The van der Waals surface area contributed by atoms with Gasteiger partial charge in [-0.2, -0.15) is 0 Å². The minimum absolute atomic E-state index is 0.121. The van der Waals surface area contributed by atoms with Crippen molar-refractivity contribution in [1.29, 1.82) is 0 Å². The average molecular weight is 306 g/mol. The van der Waals surface area contributed by atoms with Gasteiger partial charge in [-0.1, -0.05) is 12.1 Å². The first-order valence-corrected chi connectivity index (χ1v) is 7.58. The Morgan fingerprint density at radius 2 is 1.91 bits per heavy atom. The third-order valence-electron chi connectivity index (χ3n) is 4.25. The Morgan fingerprint density at radius 3 is 2.55 bits per heavy atom. The number of methoxy groups -OCH3 is 1. The monoisotopic (exact) mass is 306 g/mol. The van der Waals surface area contributed by atoms with E-state index >= 15 is 0 Å². The van der Waals surface area contributed by atoms with Crippen LogP contribution in [0, 0.1) is 5.92 Å². The fourth-order valence-electron chi connectivity index (χ4n) is 3.19. The SMILES string of the molecule is COc1ccc(COC2C[C@H](C=O)[C@H]3OC(C)(C)O[C@@H]23)cc1. The standard InChI is InChI=1S/C17H22O5/c1-17(2)21-15-12(9-18)8-14(16(15)22-17)20-10-11-4-6-13(19-3)7-5-11/h4-7,9,12,14-16H,8,10H2,1-3H3/t12-,14?,15-,16+/m1/s1. The summed E-state index contributed by atoms with van der Waals surface area (Å²) in [5.74, 6) is 0.00580. The molecule has 0 N–H and O–H groups in total. The second kappa shape index (κ2) is 5.99. The van der Waals surface area contributed by atoms with Crippen LogP contribution < -0.4 is 4.74 Å². The van der Waals surface area contributed by atoms with Crippen molar-refractivity contribution in [3.8, 4) is 5.75 Å². The van der Waals surface area contributed by atoms with Gasteiger partial charge in [-0.05, 0) is 38.0 Å². The molecule has 5 nitrogen and oxygen atoms in total. The summed E-state index contributed by atoms with van der Waals surface area (Å²) in [5.41, 5.74) is 1.06. The lowest BCUT2D eigenvalue weighted by molar-refractivity contribution is -0.172. The Labute approximate surface area is 130 Å². The molecule has 0 radical (unpaired) electrons. The highest BCUT2D eigenvalue weighted by molar-refractivity contribution is 5.56. The molecule has 0 amide bonds. The molecular weight excluding hydrogens is 284 g/mol. The molecule has 0 aromatic heterocycles. The van der Waals surface area contributed by atoms with E-state index < -0.39 is 5.79 Å². The highest BCUT2D eigenvalue weighted by Gasteiger charge is 2.54. The summed E-state index contributed by atoms with van der Waals surface area (Å²) in [6.45, 7) is 4.22. The van der Waals surface area contributed by atoms with E-state index in [1.165, 1.54) is 0 Å². The van der Waals surface area contributed by atoms with Crippen LogP contribution in [0.5, 0.6) is 5.75 Å². The molecule has 1 aliphatic carbocycles. The van der Waals surface area contributed by atoms with Crippen LogP contribution in [0.15, 0.2) is 24.3 Å². The number of aldehydes is 1. The molecule has 0 spiro atoms. The Hall–Kier alpha value is -1.43. The molecule has 0 bridgehead atoms. The van der Waals surface area contributed by atoms with Crippen molar-refractivity contribution in [2.75, 3.05) is 7.11 Å². The lowest BCUT2D eigenvalue weighted by atomic mass is 10.1. The maximum absolute atomic E-state index is 11.2. The largest absolute Gasteiger partial charge is 0.497 e. The first-order valence-electron chi connectivity index (χ1n) is 7.58. The van der Waals surface area contributed by atoms with Crippen molar-refractivity contribution in [1.82, 2.24) is 0 Å². The Balaban J connectivity index is 1.63. The zero-order valence-corrected chi connectivity index (χ0v) is 13.2. The summed E-state index contributed by atoms with van der Waals surface area (Å²) in [7, 11) is 1.64. The molecular formula is C17H22O5. The molecule has 1 aliphatic heterocycles. The lowest BCUT2D eigenvalue weighted by Crippen LogP contribution is -2.30. The minimum Gasteiger partial charge on any atom is -0.497 e. The number of hydrogen-bond acceptors (Lipinski definition) is 5. The second-order valence-electron chi connectivity index (χ2n) is 6.30. The summed E-state index contributed by atoms with van der Waals surface area (Å²) >= 11 is 0. The van der Waals surface area contributed by atoms with Crippen LogP contribution in [-0.4, -0.2) is 37.5 Å². The number of fused-ring (bicyclic) bond motifs is 1. The number of hydrogen-bond donors (Lipinski definition) is 0. The number of carbonyl (C=O) groups is 1. The van der Waals surface area contributed by atoms with Crippen LogP contribution in [0.25, 0.3) is 0 Å². The third-order valence-corrected chi connectivity index (χ3v) is 4.25. The van der Waals surface area contributed by atoms with Crippen LogP contribution in [-0.2, 0) is 25.6 Å². The maximum Gasteiger partial charge on any atom is 0.163 e. The number of benzene rings is 1. The molecule has 4 atom stereocenters. The highest BCUT2D eigenvalue weighted by atomic mass is 16.8. The van der Waals surface area contributed by atoms with Gasteiger partial charge in [-0.3, -0.25) is 0 Å². The van der Waals surface area contributed by atoms with E-state index in [0.29, 0.717) is 13.0 Å². The van der Waals surface area contributed by atoms with Gasteiger partial charge >= 0.3 is 0 Å². The van der Waals surface area contributed by atoms with Crippen molar-refractivity contribution < 1.29 is 23.7 Å². The molecule has 1 aromatic rings. The van der Waals surface area contributed by atoms with Gasteiger partial charge in [-0.15, -0.1) is 0 Å². The molecule has 5 heteroatoms. The van der Waals surface area contributed by atoms with E-state index in [-0.39, 0.29) is 24.2 Å². The fourth-order valence-corrected chi connectivity index (χ4v) is 3.19. The summed E-state index contributed by atoms with van der Waals surface area (Å²) in [4.78, 5) is 11.2. The van der Waals surface area contributed by atoms with Gasteiger partial charge < -0.3 is 23.7 Å². The molecule has 1 aromatic carbocycles. The zero-order chi connectivity index (χ0) is 15.7. The maximum atomic E-state index is 11.2. The van der Waals surface area contributed by atoms with E-state index in [9.17, 15) is 4.79 Å². The quantitative estimate of drug-likeness (QED) is 0.781.